The molecule has 1 aromatic heterocycles. The smallest absolute Gasteiger partial charge is 0.255 e. The number of fused-ring (bicyclic) bond motifs is 1. The number of carbonyl (C=O) groups excluding carboxylic acids is 3. The Hall–Kier alpha value is -4.56. The summed E-state index contributed by atoms with van der Waals surface area (Å²) < 4.78 is 21.8. The number of likely N-dealkylation sites (tertiary alicyclic amines) is 1. The molecule has 6 rings (SSSR count). The molecule has 198 valence electrons. The Kier molecular flexibility index (Phi) is 6.32. The van der Waals surface area contributed by atoms with Gasteiger partial charge in [0.1, 0.15) is 29.8 Å². The van der Waals surface area contributed by atoms with E-state index in [4.69, 9.17) is 10.00 Å². The number of nitriles is 1. The number of piperidine rings is 1. The van der Waals surface area contributed by atoms with Gasteiger partial charge in [0.2, 0.25) is 11.8 Å². The van der Waals surface area contributed by atoms with Gasteiger partial charge in [-0.05, 0) is 48.7 Å². The molecule has 3 aliphatic heterocycles. The van der Waals surface area contributed by atoms with Crippen LogP contribution in [0.3, 0.4) is 0 Å². The van der Waals surface area contributed by atoms with Crippen molar-refractivity contribution in [2.24, 2.45) is 0 Å². The number of rotatable bonds is 6. The van der Waals surface area contributed by atoms with Crippen LogP contribution in [-0.4, -0.2) is 62.5 Å². The van der Waals surface area contributed by atoms with Crippen molar-refractivity contribution >= 4 is 17.7 Å². The first-order valence-electron chi connectivity index (χ1n) is 12.8. The van der Waals surface area contributed by atoms with Gasteiger partial charge in [-0.3, -0.25) is 24.6 Å². The van der Waals surface area contributed by atoms with E-state index in [0.717, 1.165) is 30.6 Å². The predicted octanol–water partition coefficient (Wildman–Crippen LogP) is 2.30. The number of hydrogen-bond donors (Lipinski definition) is 1. The lowest BCUT2D eigenvalue weighted by molar-refractivity contribution is -0.136. The highest BCUT2D eigenvalue weighted by molar-refractivity contribution is 6.05. The maximum Gasteiger partial charge on any atom is 0.255 e. The summed E-state index contributed by atoms with van der Waals surface area (Å²) in [5.74, 6) is -0.843. The third kappa shape index (κ3) is 4.86. The molecular formula is C28H25FN6O4. The average Bonchev–Trinajstić information content (AvgIpc) is 3.64. The maximum atomic E-state index is 14.0. The van der Waals surface area contributed by atoms with Gasteiger partial charge in [-0.1, -0.05) is 0 Å². The number of ether oxygens (including phenoxy) is 1. The van der Waals surface area contributed by atoms with Gasteiger partial charge < -0.3 is 9.64 Å². The number of hydrogen-bond acceptors (Lipinski definition) is 7. The Morgan fingerprint density at radius 2 is 2.03 bits per heavy atom. The van der Waals surface area contributed by atoms with Gasteiger partial charge in [-0.15, -0.1) is 0 Å². The zero-order chi connectivity index (χ0) is 27.1. The summed E-state index contributed by atoms with van der Waals surface area (Å²) in [6.07, 6.45) is 4.96. The standard InChI is InChI=1S/C28H25FN6O4/c29-24-10-20(2-1-18(24)11-30)35-14-17(12-31-35)13-33-8-7-22(16-33)39-21-3-4-23-19(9-21)15-34(28(23)38)25-5-6-26(36)32-27(25)37/h1-4,9-10,12,14,22,25H,5-8,13,15-16H2,(H,32,36,37)/t22-,25?/m0/s1. The van der Waals surface area contributed by atoms with Crippen LogP contribution in [-0.2, 0) is 22.7 Å². The molecule has 0 bridgehead atoms. The number of carbonyl (C=O) groups is 3. The minimum absolute atomic E-state index is 0.00384. The highest BCUT2D eigenvalue weighted by atomic mass is 19.1. The van der Waals surface area contributed by atoms with E-state index in [2.05, 4.69) is 15.3 Å². The van der Waals surface area contributed by atoms with Crippen LogP contribution in [0.5, 0.6) is 5.75 Å². The molecule has 0 aliphatic carbocycles. The molecule has 1 N–H and O–H groups in total. The molecule has 3 aromatic rings. The van der Waals surface area contributed by atoms with Crippen LogP contribution < -0.4 is 10.1 Å². The van der Waals surface area contributed by atoms with Gasteiger partial charge >= 0.3 is 0 Å². The molecular weight excluding hydrogens is 503 g/mol. The van der Waals surface area contributed by atoms with E-state index in [1.807, 2.05) is 18.3 Å². The van der Waals surface area contributed by atoms with Gasteiger partial charge in [0, 0.05) is 56.0 Å². The number of halogens is 1. The summed E-state index contributed by atoms with van der Waals surface area (Å²) in [5, 5.41) is 15.6. The molecule has 10 nitrogen and oxygen atoms in total. The van der Waals surface area contributed by atoms with Crippen LogP contribution in [0.25, 0.3) is 5.69 Å². The molecule has 4 heterocycles. The van der Waals surface area contributed by atoms with Crippen LogP contribution in [0, 0.1) is 17.1 Å². The fourth-order valence-corrected chi connectivity index (χ4v) is 5.43. The number of nitrogens with one attached hydrogen (secondary N) is 1. The van der Waals surface area contributed by atoms with E-state index >= 15 is 0 Å². The normalized spacial score (nSPS) is 21.1. The Labute approximate surface area is 223 Å². The van der Waals surface area contributed by atoms with Crippen molar-refractivity contribution in [1.82, 2.24) is 24.9 Å². The molecule has 0 saturated carbocycles. The molecule has 3 amide bonds. The summed E-state index contributed by atoms with van der Waals surface area (Å²) in [6, 6.07) is 11.0. The second kappa shape index (κ2) is 9.96. The minimum atomic E-state index is -0.643. The van der Waals surface area contributed by atoms with Crippen molar-refractivity contribution < 1.29 is 23.5 Å². The molecule has 3 aliphatic rings. The number of nitrogens with zero attached hydrogens (tertiary/aromatic N) is 5. The zero-order valence-corrected chi connectivity index (χ0v) is 21.0. The number of imide groups is 1. The van der Waals surface area contributed by atoms with E-state index in [9.17, 15) is 18.8 Å². The molecule has 0 radical (unpaired) electrons. The van der Waals surface area contributed by atoms with E-state index < -0.39 is 17.8 Å². The van der Waals surface area contributed by atoms with Crippen LogP contribution in [0.2, 0.25) is 0 Å². The summed E-state index contributed by atoms with van der Waals surface area (Å²) in [6.45, 7) is 2.53. The van der Waals surface area contributed by atoms with Crippen molar-refractivity contribution in [1.29, 1.82) is 5.26 Å². The summed E-state index contributed by atoms with van der Waals surface area (Å²) in [7, 11) is 0. The first-order chi connectivity index (χ1) is 18.9. The van der Waals surface area contributed by atoms with Crippen LogP contribution in [0.15, 0.2) is 48.8 Å². The molecule has 11 heteroatoms. The van der Waals surface area contributed by atoms with E-state index in [-0.39, 0.29) is 29.9 Å². The molecule has 39 heavy (non-hydrogen) atoms. The van der Waals surface area contributed by atoms with Crippen molar-refractivity contribution in [2.45, 2.75) is 44.5 Å². The second-order valence-electron chi connectivity index (χ2n) is 10.1. The van der Waals surface area contributed by atoms with Crippen LogP contribution in [0.4, 0.5) is 4.39 Å². The molecule has 0 spiro atoms. The van der Waals surface area contributed by atoms with E-state index in [1.165, 1.54) is 17.0 Å². The molecule has 2 atom stereocenters. The van der Waals surface area contributed by atoms with E-state index in [1.54, 1.807) is 29.1 Å². The number of aromatic nitrogens is 2. The average molecular weight is 529 g/mol. The highest BCUT2D eigenvalue weighted by Crippen LogP contribution is 2.31. The quantitative estimate of drug-likeness (QED) is 0.488. The number of benzene rings is 2. The Balaban J connectivity index is 1.05. The third-order valence-electron chi connectivity index (χ3n) is 7.41. The largest absolute Gasteiger partial charge is 0.489 e. The van der Waals surface area contributed by atoms with E-state index in [0.29, 0.717) is 36.5 Å². The second-order valence-corrected chi connectivity index (χ2v) is 10.1. The zero-order valence-electron chi connectivity index (χ0n) is 21.0. The third-order valence-corrected chi connectivity index (χ3v) is 7.41. The van der Waals surface area contributed by atoms with Crippen molar-refractivity contribution in [3.05, 3.63) is 76.9 Å². The number of amides is 3. The lowest BCUT2D eigenvalue weighted by atomic mass is 10.0. The van der Waals surface area contributed by atoms with Gasteiger partial charge in [0.25, 0.3) is 5.91 Å². The lowest BCUT2D eigenvalue weighted by Gasteiger charge is -2.29. The summed E-state index contributed by atoms with van der Waals surface area (Å²) >= 11 is 0. The summed E-state index contributed by atoms with van der Waals surface area (Å²) in [4.78, 5) is 40.4. The highest BCUT2D eigenvalue weighted by Gasteiger charge is 2.39. The SMILES string of the molecule is N#Cc1ccc(-n2cc(CN3CC[C@H](Oc4ccc5c(c4)CN(C4CCC(=O)NC4=O)C5=O)C3)cn2)cc1F. The Morgan fingerprint density at radius 1 is 1.15 bits per heavy atom. The van der Waals surface area contributed by atoms with Crippen LogP contribution >= 0.6 is 0 Å². The fourth-order valence-electron chi connectivity index (χ4n) is 5.43. The van der Waals surface area contributed by atoms with Crippen LogP contribution in [0.1, 0.15) is 46.3 Å². The molecule has 1 unspecified atom stereocenters. The van der Waals surface area contributed by atoms with Crippen molar-refractivity contribution in [2.75, 3.05) is 13.1 Å². The monoisotopic (exact) mass is 528 g/mol. The van der Waals surface area contributed by atoms with Gasteiger partial charge in [0.05, 0.1) is 17.4 Å². The van der Waals surface area contributed by atoms with Crippen molar-refractivity contribution in [3.8, 4) is 17.5 Å². The van der Waals surface area contributed by atoms with Gasteiger partial charge in [0.15, 0.2) is 0 Å². The Bertz CT molecular complexity index is 1530. The maximum absolute atomic E-state index is 14.0. The first-order valence-corrected chi connectivity index (χ1v) is 12.8. The summed E-state index contributed by atoms with van der Waals surface area (Å²) in [5.41, 5.74) is 2.88. The lowest BCUT2D eigenvalue weighted by Crippen LogP contribution is -2.52. The molecule has 2 fully saturated rings. The van der Waals surface area contributed by atoms with Crippen molar-refractivity contribution in [3.63, 3.8) is 0 Å². The predicted molar refractivity (Wildman–Crippen MR) is 135 cm³/mol. The first kappa shape index (κ1) is 24.8. The fraction of sp³-hybridized carbons (Fsp3) is 0.321. The molecule has 2 aromatic carbocycles. The minimum Gasteiger partial charge on any atom is -0.489 e. The topological polar surface area (TPSA) is 121 Å². The Morgan fingerprint density at radius 3 is 2.82 bits per heavy atom. The molecule has 2 saturated heterocycles. The van der Waals surface area contributed by atoms with Gasteiger partial charge in [-0.25, -0.2) is 9.07 Å². The van der Waals surface area contributed by atoms with Gasteiger partial charge in [-0.2, -0.15) is 10.4 Å².